The van der Waals surface area contributed by atoms with Gasteiger partial charge in [0.15, 0.2) is 0 Å². The standard InChI is InChI=1S/C12H14N4O2/c17-11-14-9-3-1-2-4-10(9)16(11)12(18)15-7-5-13-6-8-15/h1-4,13H,5-8H2,(H,14,17). The summed E-state index contributed by atoms with van der Waals surface area (Å²) in [5.74, 6) is 0. The molecule has 0 radical (unpaired) electrons. The summed E-state index contributed by atoms with van der Waals surface area (Å²) in [6.45, 7) is 2.79. The number of carbonyl (C=O) groups excluding carboxylic acids is 1. The van der Waals surface area contributed by atoms with Crippen LogP contribution in [0.5, 0.6) is 0 Å². The van der Waals surface area contributed by atoms with E-state index in [4.69, 9.17) is 0 Å². The fourth-order valence-corrected chi connectivity index (χ4v) is 2.24. The van der Waals surface area contributed by atoms with Gasteiger partial charge in [-0.1, -0.05) is 12.1 Å². The van der Waals surface area contributed by atoms with Crippen molar-refractivity contribution in [3.63, 3.8) is 0 Å². The number of para-hydroxylation sites is 2. The lowest BCUT2D eigenvalue weighted by atomic mass is 10.3. The van der Waals surface area contributed by atoms with Crippen LogP contribution in [0.4, 0.5) is 4.79 Å². The third-order valence-corrected chi connectivity index (χ3v) is 3.17. The van der Waals surface area contributed by atoms with Gasteiger partial charge < -0.3 is 15.2 Å². The molecule has 0 unspecified atom stereocenters. The summed E-state index contributed by atoms with van der Waals surface area (Å²) in [5, 5.41) is 3.18. The van der Waals surface area contributed by atoms with Crippen LogP contribution in [-0.2, 0) is 0 Å². The van der Waals surface area contributed by atoms with Crippen molar-refractivity contribution in [1.29, 1.82) is 0 Å². The van der Waals surface area contributed by atoms with Crippen LogP contribution in [0, 0.1) is 0 Å². The molecule has 0 spiro atoms. The van der Waals surface area contributed by atoms with E-state index in [1.807, 2.05) is 12.1 Å². The largest absolute Gasteiger partial charge is 0.334 e. The number of carbonyl (C=O) groups is 1. The lowest BCUT2D eigenvalue weighted by Crippen LogP contribution is -2.49. The molecule has 1 saturated heterocycles. The number of H-pyrrole nitrogens is 1. The van der Waals surface area contributed by atoms with Crippen LogP contribution in [0.2, 0.25) is 0 Å². The molecule has 1 aliphatic heterocycles. The van der Waals surface area contributed by atoms with Gasteiger partial charge in [-0.15, -0.1) is 0 Å². The zero-order chi connectivity index (χ0) is 12.5. The van der Waals surface area contributed by atoms with Crippen molar-refractivity contribution in [1.82, 2.24) is 19.8 Å². The Bertz CT molecular complexity index is 637. The first-order chi connectivity index (χ1) is 8.77. The van der Waals surface area contributed by atoms with Gasteiger partial charge >= 0.3 is 11.7 Å². The van der Waals surface area contributed by atoms with E-state index >= 15 is 0 Å². The van der Waals surface area contributed by atoms with Gasteiger partial charge in [-0.3, -0.25) is 0 Å². The number of imidazole rings is 1. The number of rotatable bonds is 0. The number of hydrogen-bond donors (Lipinski definition) is 2. The molecule has 1 aliphatic rings. The first kappa shape index (κ1) is 11.0. The third-order valence-electron chi connectivity index (χ3n) is 3.17. The number of piperazine rings is 1. The Morgan fingerprint density at radius 1 is 1.17 bits per heavy atom. The van der Waals surface area contributed by atoms with E-state index in [9.17, 15) is 9.59 Å². The minimum Gasteiger partial charge on any atom is -0.321 e. The van der Waals surface area contributed by atoms with Crippen LogP contribution in [-0.4, -0.2) is 46.7 Å². The highest BCUT2D eigenvalue weighted by Crippen LogP contribution is 2.10. The van der Waals surface area contributed by atoms with E-state index in [1.54, 1.807) is 17.0 Å². The Balaban J connectivity index is 2.05. The zero-order valence-electron chi connectivity index (χ0n) is 9.85. The second-order valence-corrected chi connectivity index (χ2v) is 4.30. The highest BCUT2D eigenvalue weighted by Gasteiger charge is 2.21. The van der Waals surface area contributed by atoms with Crippen molar-refractivity contribution in [3.8, 4) is 0 Å². The maximum atomic E-state index is 12.3. The summed E-state index contributed by atoms with van der Waals surface area (Å²) in [6.07, 6.45) is 0. The maximum Gasteiger partial charge on any atom is 0.334 e. The molecule has 94 valence electrons. The Labute approximate surface area is 103 Å². The number of hydrogen-bond acceptors (Lipinski definition) is 3. The van der Waals surface area contributed by atoms with Gasteiger partial charge in [0.2, 0.25) is 0 Å². The number of benzene rings is 1. The molecule has 6 heteroatoms. The van der Waals surface area contributed by atoms with E-state index in [0.717, 1.165) is 13.1 Å². The highest BCUT2D eigenvalue weighted by atomic mass is 16.2. The second kappa shape index (κ2) is 4.30. The van der Waals surface area contributed by atoms with Crippen LogP contribution in [0.15, 0.2) is 29.1 Å². The Morgan fingerprint density at radius 3 is 2.67 bits per heavy atom. The van der Waals surface area contributed by atoms with Crippen LogP contribution in [0.25, 0.3) is 11.0 Å². The van der Waals surface area contributed by atoms with Crippen molar-refractivity contribution in [2.24, 2.45) is 0 Å². The van der Waals surface area contributed by atoms with E-state index in [0.29, 0.717) is 24.1 Å². The molecule has 1 amide bonds. The fourth-order valence-electron chi connectivity index (χ4n) is 2.24. The Hall–Kier alpha value is -2.08. The molecule has 2 N–H and O–H groups in total. The number of fused-ring (bicyclic) bond motifs is 1. The molecular weight excluding hydrogens is 232 g/mol. The quantitative estimate of drug-likeness (QED) is 0.697. The van der Waals surface area contributed by atoms with Crippen molar-refractivity contribution >= 4 is 17.1 Å². The van der Waals surface area contributed by atoms with Gasteiger partial charge in [0, 0.05) is 26.2 Å². The smallest absolute Gasteiger partial charge is 0.321 e. The summed E-state index contributed by atoms with van der Waals surface area (Å²) in [7, 11) is 0. The van der Waals surface area contributed by atoms with Gasteiger partial charge in [-0.2, -0.15) is 0 Å². The van der Waals surface area contributed by atoms with Gasteiger partial charge in [-0.25, -0.2) is 14.2 Å². The molecule has 2 aromatic rings. The summed E-state index contributed by atoms with van der Waals surface area (Å²) in [5.41, 5.74) is 0.941. The molecular formula is C12H14N4O2. The van der Waals surface area contributed by atoms with Crippen LogP contribution in [0.1, 0.15) is 0 Å². The van der Waals surface area contributed by atoms with Crippen LogP contribution in [0.3, 0.4) is 0 Å². The highest BCUT2D eigenvalue weighted by molar-refractivity contribution is 5.89. The molecule has 1 aromatic carbocycles. The minimum absolute atomic E-state index is 0.251. The van der Waals surface area contributed by atoms with E-state index in [-0.39, 0.29) is 11.7 Å². The average molecular weight is 246 g/mol. The Morgan fingerprint density at radius 2 is 1.89 bits per heavy atom. The van der Waals surface area contributed by atoms with E-state index in [1.165, 1.54) is 4.57 Å². The normalized spacial score (nSPS) is 16.1. The number of nitrogens with one attached hydrogen (secondary N) is 2. The van der Waals surface area contributed by atoms with Gasteiger partial charge in [0.25, 0.3) is 0 Å². The first-order valence-corrected chi connectivity index (χ1v) is 5.97. The molecule has 0 saturated carbocycles. The molecule has 6 nitrogen and oxygen atoms in total. The van der Waals surface area contributed by atoms with Crippen molar-refractivity contribution in [3.05, 3.63) is 34.7 Å². The van der Waals surface area contributed by atoms with Crippen LogP contribution < -0.4 is 11.0 Å². The number of nitrogens with zero attached hydrogens (tertiary/aromatic N) is 2. The molecule has 0 atom stereocenters. The van der Waals surface area contributed by atoms with Gasteiger partial charge in [0.05, 0.1) is 11.0 Å². The summed E-state index contributed by atoms with van der Waals surface area (Å²) < 4.78 is 1.21. The molecule has 1 fully saturated rings. The lowest BCUT2D eigenvalue weighted by Gasteiger charge is -2.27. The summed E-state index contributed by atoms with van der Waals surface area (Å²) in [4.78, 5) is 28.6. The molecule has 0 bridgehead atoms. The predicted octanol–water partition coefficient (Wildman–Crippen LogP) is 0.203. The average Bonchev–Trinajstić information content (AvgIpc) is 2.75. The number of amides is 1. The van der Waals surface area contributed by atoms with Crippen molar-refractivity contribution < 1.29 is 4.79 Å². The van der Waals surface area contributed by atoms with Crippen molar-refractivity contribution in [2.75, 3.05) is 26.2 Å². The lowest BCUT2D eigenvalue weighted by molar-refractivity contribution is 0.192. The summed E-state index contributed by atoms with van der Waals surface area (Å²) in [6, 6.07) is 6.96. The van der Waals surface area contributed by atoms with Crippen molar-refractivity contribution in [2.45, 2.75) is 0 Å². The molecule has 3 rings (SSSR count). The van der Waals surface area contributed by atoms with E-state index in [2.05, 4.69) is 10.3 Å². The third kappa shape index (κ3) is 1.70. The minimum atomic E-state index is -0.375. The Kier molecular flexibility index (Phi) is 2.64. The summed E-state index contributed by atoms with van der Waals surface area (Å²) >= 11 is 0. The monoisotopic (exact) mass is 246 g/mol. The zero-order valence-corrected chi connectivity index (χ0v) is 9.85. The van der Waals surface area contributed by atoms with E-state index < -0.39 is 0 Å². The van der Waals surface area contributed by atoms with Gasteiger partial charge in [0.1, 0.15) is 0 Å². The molecule has 2 heterocycles. The number of aromatic amines is 1. The van der Waals surface area contributed by atoms with Gasteiger partial charge in [-0.05, 0) is 12.1 Å². The predicted molar refractivity (Wildman–Crippen MR) is 67.8 cm³/mol. The van der Waals surface area contributed by atoms with Crippen LogP contribution >= 0.6 is 0 Å². The molecule has 1 aromatic heterocycles. The molecule has 0 aliphatic carbocycles. The fraction of sp³-hybridized carbons (Fsp3) is 0.333. The maximum absolute atomic E-state index is 12.3. The first-order valence-electron chi connectivity index (χ1n) is 5.97. The second-order valence-electron chi connectivity index (χ2n) is 4.30. The number of aromatic nitrogens is 2. The SMILES string of the molecule is O=C(N1CCNCC1)n1c(=O)[nH]c2ccccc21. The topological polar surface area (TPSA) is 70.1 Å². The molecule has 18 heavy (non-hydrogen) atoms.